The van der Waals surface area contributed by atoms with Gasteiger partial charge in [-0.25, -0.2) is 9.48 Å². The van der Waals surface area contributed by atoms with Crippen LogP contribution in [0.3, 0.4) is 0 Å². The maximum absolute atomic E-state index is 12.3. The highest BCUT2D eigenvalue weighted by Gasteiger charge is 2.24. The van der Waals surface area contributed by atoms with Crippen LogP contribution in [-0.4, -0.2) is 35.6 Å². The summed E-state index contributed by atoms with van der Waals surface area (Å²) in [5.41, 5.74) is 2.73. The molecule has 0 fully saturated rings. The van der Waals surface area contributed by atoms with Gasteiger partial charge in [0.1, 0.15) is 13.2 Å². The van der Waals surface area contributed by atoms with Gasteiger partial charge in [0.25, 0.3) is 0 Å². The Labute approximate surface area is 176 Å². The number of urea groups is 1. The number of fused-ring (bicyclic) bond motifs is 1. The van der Waals surface area contributed by atoms with E-state index in [1.807, 2.05) is 54.7 Å². The molecule has 2 heterocycles. The topological polar surface area (TPSA) is 77.4 Å². The van der Waals surface area contributed by atoms with Gasteiger partial charge in [0, 0.05) is 30.3 Å². The summed E-state index contributed by atoms with van der Waals surface area (Å²) in [5, 5.41) is 10.2. The number of carbonyl (C=O) groups is 1. The van der Waals surface area contributed by atoms with Crippen molar-refractivity contribution in [2.45, 2.75) is 25.8 Å². The number of hydrogen-bond donors (Lipinski definition) is 2. The molecule has 0 radical (unpaired) electrons. The molecule has 2 aromatic carbocycles. The Hall–Kier alpha value is -3.48. The normalized spacial score (nSPS) is 13.0. The van der Waals surface area contributed by atoms with Crippen molar-refractivity contribution in [3.63, 3.8) is 0 Å². The molecule has 0 unspecified atom stereocenters. The second-order valence-electron chi connectivity index (χ2n) is 7.91. The first-order valence-corrected chi connectivity index (χ1v) is 10.0. The average Bonchev–Trinajstić information content (AvgIpc) is 3.26. The zero-order valence-corrected chi connectivity index (χ0v) is 17.2. The molecule has 0 aliphatic carbocycles. The maximum Gasteiger partial charge on any atom is 0.315 e. The minimum atomic E-state index is -0.259. The highest BCUT2D eigenvalue weighted by Crippen LogP contribution is 2.34. The van der Waals surface area contributed by atoms with E-state index in [1.54, 1.807) is 10.9 Å². The molecule has 0 bridgehead atoms. The first-order valence-electron chi connectivity index (χ1n) is 10.0. The molecular formula is C23H26N4O3. The standard InChI is InChI=1S/C23H26N4O3/c1-23(2,18-8-9-20-21(12-18)30-11-10-29-20)16-25-22(28)24-13-17-14-26-27(15-17)19-6-4-3-5-7-19/h3-9,12,14-15H,10-11,13,16H2,1-2H3,(H2,24,25,28). The molecule has 4 rings (SSSR count). The van der Waals surface area contributed by atoms with Crippen molar-refractivity contribution < 1.29 is 14.3 Å². The average molecular weight is 406 g/mol. The van der Waals surface area contributed by atoms with E-state index in [4.69, 9.17) is 9.47 Å². The minimum Gasteiger partial charge on any atom is -0.486 e. The van der Waals surface area contributed by atoms with Crippen LogP contribution in [0.4, 0.5) is 4.79 Å². The Morgan fingerprint density at radius 2 is 1.83 bits per heavy atom. The summed E-state index contributed by atoms with van der Waals surface area (Å²) in [6.07, 6.45) is 3.67. The van der Waals surface area contributed by atoms with E-state index < -0.39 is 0 Å². The van der Waals surface area contributed by atoms with E-state index in [9.17, 15) is 4.79 Å². The summed E-state index contributed by atoms with van der Waals surface area (Å²) in [6, 6.07) is 15.6. The number of hydrogen-bond acceptors (Lipinski definition) is 4. The van der Waals surface area contributed by atoms with Crippen molar-refractivity contribution in [2.75, 3.05) is 19.8 Å². The van der Waals surface area contributed by atoms with Crippen LogP contribution < -0.4 is 20.1 Å². The van der Waals surface area contributed by atoms with Gasteiger partial charge in [0.15, 0.2) is 11.5 Å². The maximum atomic E-state index is 12.3. The molecule has 1 aromatic heterocycles. The fraction of sp³-hybridized carbons (Fsp3) is 0.304. The van der Waals surface area contributed by atoms with Crippen molar-refractivity contribution in [2.24, 2.45) is 0 Å². The lowest BCUT2D eigenvalue weighted by atomic mass is 9.84. The number of nitrogens with zero attached hydrogens (tertiary/aromatic N) is 2. The molecule has 2 N–H and O–H groups in total. The van der Waals surface area contributed by atoms with Crippen LogP contribution in [0.1, 0.15) is 25.0 Å². The van der Waals surface area contributed by atoms with Gasteiger partial charge in [-0.2, -0.15) is 5.10 Å². The molecule has 2 amide bonds. The van der Waals surface area contributed by atoms with E-state index >= 15 is 0 Å². The SMILES string of the molecule is CC(C)(CNC(=O)NCc1cnn(-c2ccccc2)c1)c1ccc2c(c1)OCCO2. The summed E-state index contributed by atoms with van der Waals surface area (Å²) < 4.78 is 13.0. The molecule has 7 nitrogen and oxygen atoms in total. The zero-order chi connectivity index (χ0) is 21.0. The first-order chi connectivity index (χ1) is 14.5. The lowest BCUT2D eigenvalue weighted by molar-refractivity contribution is 0.171. The van der Waals surface area contributed by atoms with Crippen molar-refractivity contribution in [3.8, 4) is 17.2 Å². The lowest BCUT2D eigenvalue weighted by Crippen LogP contribution is -2.42. The molecule has 0 saturated carbocycles. The van der Waals surface area contributed by atoms with Crippen LogP contribution in [0.2, 0.25) is 0 Å². The van der Waals surface area contributed by atoms with Crippen molar-refractivity contribution in [1.29, 1.82) is 0 Å². The molecule has 156 valence electrons. The van der Waals surface area contributed by atoms with Crippen LogP contribution in [-0.2, 0) is 12.0 Å². The van der Waals surface area contributed by atoms with E-state index in [2.05, 4.69) is 29.6 Å². The van der Waals surface area contributed by atoms with Gasteiger partial charge in [0.2, 0.25) is 0 Å². The van der Waals surface area contributed by atoms with E-state index in [0.29, 0.717) is 26.3 Å². The van der Waals surface area contributed by atoms with Gasteiger partial charge in [-0.05, 0) is 29.8 Å². The van der Waals surface area contributed by atoms with E-state index in [1.165, 1.54) is 0 Å². The molecular weight excluding hydrogens is 380 g/mol. The van der Waals surface area contributed by atoms with Crippen molar-refractivity contribution in [3.05, 3.63) is 72.1 Å². The zero-order valence-electron chi connectivity index (χ0n) is 17.2. The highest BCUT2D eigenvalue weighted by molar-refractivity contribution is 5.74. The predicted molar refractivity (Wildman–Crippen MR) is 114 cm³/mol. The van der Waals surface area contributed by atoms with Gasteiger partial charge >= 0.3 is 6.03 Å². The first kappa shape index (κ1) is 19.8. The van der Waals surface area contributed by atoms with Crippen LogP contribution in [0.25, 0.3) is 5.69 Å². The van der Waals surface area contributed by atoms with Gasteiger partial charge in [-0.15, -0.1) is 0 Å². The van der Waals surface area contributed by atoms with Crippen molar-refractivity contribution >= 4 is 6.03 Å². The number of amides is 2. The third-order valence-corrected chi connectivity index (χ3v) is 5.12. The predicted octanol–water partition coefficient (Wildman–Crippen LogP) is 3.42. The van der Waals surface area contributed by atoms with Gasteiger partial charge in [-0.3, -0.25) is 0 Å². The number of para-hydroxylation sites is 1. The van der Waals surface area contributed by atoms with E-state index in [-0.39, 0.29) is 11.4 Å². The summed E-state index contributed by atoms with van der Waals surface area (Å²) in [4.78, 5) is 12.3. The molecule has 0 atom stereocenters. The lowest BCUT2D eigenvalue weighted by Gasteiger charge is -2.27. The fourth-order valence-corrected chi connectivity index (χ4v) is 3.29. The molecule has 0 spiro atoms. The molecule has 1 aliphatic heterocycles. The largest absolute Gasteiger partial charge is 0.486 e. The van der Waals surface area contributed by atoms with Gasteiger partial charge in [-0.1, -0.05) is 38.1 Å². The highest BCUT2D eigenvalue weighted by atomic mass is 16.6. The summed E-state index contributed by atoms with van der Waals surface area (Å²) >= 11 is 0. The van der Waals surface area contributed by atoms with Crippen molar-refractivity contribution in [1.82, 2.24) is 20.4 Å². The number of nitrogens with one attached hydrogen (secondary N) is 2. The quantitative estimate of drug-likeness (QED) is 0.658. The molecule has 7 heteroatoms. The Balaban J connectivity index is 1.30. The Morgan fingerprint density at radius 3 is 2.63 bits per heavy atom. The Bertz CT molecular complexity index is 1010. The van der Waals surface area contributed by atoms with Gasteiger partial charge in [0.05, 0.1) is 11.9 Å². The second-order valence-corrected chi connectivity index (χ2v) is 7.91. The van der Waals surface area contributed by atoms with Crippen LogP contribution in [0.5, 0.6) is 11.5 Å². The molecule has 3 aromatic rings. The second kappa shape index (κ2) is 8.49. The number of rotatable bonds is 6. The minimum absolute atomic E-state index is 0.215. The Morgan fingerprint density at radius 1 is 1.07 bits per heavy atom. The fourth-order valence-electron chi connectivity index (χ4n) is 3.29. The number of benzene rings is 2. The van der Waals surface area contributed by atoms with Gasteiger partial charge < -0.3 is 20.1 Å². The van der Waals surface area contributed by atoms with Crippen LogP contribution in [0, 0.1) is 0 Å². The molecule has 1 aliphatic rings. The third kappa shape index (κ3) is 4.56. The molecule has 30 heavy (non-hydrogen) atoms. The van der Waals surface area contributed by atoms with Crippen LogP contribution >= 0.6 is 0 Å². The number of aromatic nitrogens is 2. The van der Waals surface area contributed by atoms with E-state index in [0.717, 1.165) is 28.3 Å². The number of carbonyl (C=O) groups excluding carboxylic acids is 1. The summed E-state index contributed by atoms with van der Waals surface area (Å²) in [5.74, 6) is 1.52. The summed E-state index contributed by atoms with van der Waals surface area (Å²) in [6.45, 7) is 6.19. The Kier molecular flexibility index (Phi) is 5.61. The number of ether oxygens (including phenoxy) is 2. The molecule has 0 saturated heterocycles. The summed E-state index contributed by atoms with van der Waals surface area (Å²) in [7, 11) is 0. The third-order valence-electron chi connectivity index (χ3n) is 5.12. The smallest absolute Gasteiger partial charge is 0.315 e. The van der Waals surface area contributed by atoms with Crippen LogP contribution in [0.15, 0.2) is 60.9 Å². The monoisotopic (exact) mass is 406 g/mol.